The molecular weight excluding hydrogens is 258 g/mol. The van der Waals surface area contributed by atoms with Crippen LogP contribution in [0.3, 0.4) is 0 Å². The number of aryl methyl sites for hydroxylation is 2. The molecular formula is C13H15N5S. The van der Waals surface area contributed by atoms with Crippen LogP contribution in [-0.4, -0.2) is 19.5 Å². The van der Waals surface area contributed by atoms with Crippen molar-refractivity contribution < 1.29 is 0 Å². The number of nitrogens with two attached hydrogens (primary N) is 1. The summed E-state index contributed by atoms with van der Waals surface area (Å²) in [4.78, 5) is 13.4. The Balaban J connectivity index is 2.16. The fraction of sp³-hybridized carbons (Fsp3) is 0.308. The highest BCUT2D eigenvalue weighted by Crippen LogP contribution is 2.28. The zero-order valence-electron chi connectivity index (χ0n) is 11.1. The Morgan fingerprint density at radius 3 is 2.79 bits per heavy atom. The maximum absolute atomic E-state index is 6.04. The van der Waals surface area contributed by atoms with E-state index < -0.39 is 0 Å². The number of nitrogen functional groups attached to an aromatic ring is 1. The van der Waals surface area contributed by atoms with E-state index in [9.17, 15) is 0 Å². The molecule has 3 rings (SSSR count). The number of nitrogens with zero attached hydrogens (tertiary/aromatic N) is 4. The quantitative estimate of drug-likeness (QED) is 0.779. The van der Waals surface area contributed by atoms with Crippen LogP contribution in [-0.2, 0) is 0 Å². The third-order valence-electron chi connectivity index (χ3n) is 3.08. The molecule has 2 N–H and O–H groups in total. The van der Waals surface area contributed by atoms with Gasteiger partial charge in [-0.15, -0.1) is 11.3 Å². The number of fused-ring (bicyclic) bond motifs is 1. The number of aromatic nitrogens is 4. The Morgan fingerprint density at radius 2 is 2.11 bits per heavy atom. The van der Waals surface area contributed by atoms with Gasteiger partial charge in [0, 0.05) is 17.3 Å². The summed E-state index contributed by atoms with van der Waals surface area (Å²) in [5.74, 6) is 0.480. The first-order valence-corrected chi connectivity index (χ1v) is 6.96. The Bertz CT molecular complexity index is 743. The normalized spacial score (nSPS) is 13.0. The smallest absolute Gasteiger partial charge is 0.203 e. The molecule has 3 aromatic rings. The first kappa shape index (κ1) is 12.1. The number of anilines is 1. The molecule has 0 spiro atoms. The van der Waals surface area contributed by atoms with Gasteiger partial charge in [0.1, 0.15) is 10.5 Å². The van der Waals surface area contributed by atoms with E-state index in [0.29, 0.717) is 5.95 Å². The Kier molecular flexibility index (Phi) is 2.74. The van der Waals surface area contributed by atoms with Gasteiger partial charge < -0.3 is 5.73 Å². The molecule has 0 saturated carbocycles. The average Bonchev–Trinajstić information content (AvgIpc) is 2.91. The van der Waals surface area contributed by atoms with Crippen molar-refractivity contribution in [3.63, 3.8) is 0 Å². The van der Waals surface area contributed by atoms with Gasteiger partial charge in [0.2, 0.25) is 5.95 Å². The van der Waals surface area contributed by atoms with Gasteiger partial charge in [-0.1, -0.05) is 0 Å². The third-order valence-corrected chi connectivity index (χ3v) is 4.21. The fourth-order valence-electron chi connectivity index (χ4n) is 2.16. The van der Waals surface area contributed by atoms with Crippen LogP contribution < -0.4 is 5.73 Å². The summed E-state index contributed by atoms with van der Waals surface area (Å²) < 4.78 is 1.94. The number of pyridine rings is 1. The number of hydrogen-bond donors (Lipinski definition) is 1. The molecule has 98 valence electrons. The lowest BCUT2D eigenvalue weighted by Gasteiger charge is -2.12. The van der Waals surface area contributed by atoms with Crippen LogP contribution in [0.1, 0.15) is 29.2 Å². The second-order valence-electron chi connectivity index (χ2n) is 4.70. The van der Waals surface area contributed by atoms with Gasteiger partial charge in [-0.25, -0.2) is 15.0 Å². The fourth-order valence-corrected chi connectivity index (χ4v) is 3.00. The summed E-state index contributed by atoms with van der Waals surface area (Å²) in [6.45, 7) is 6.05. The van der Waals surface area contributed by atoms with Crippen molar-refractivity contribution in [2.75, 3.05) is 5.73 Å². The third kappa shape index (κ3) is 1.98. The lowest BCUT2D eigenvalue weighted by atomic mass is 10.3. The van der Waals surface area contributed by atoms with E-state index >= 15 is 0 Å². The number of thiazole rings is 1. The van der Waals surface area contributed by atoms with Crippen molar-refractivity contribution in [3.8, 4) is 0 Å². The molecule has 0 aliphatic rings. The largest absolute Gasteiger partial charge is 0.369 e. The topological polar surface area (TPSA) is 69.6 Å². The molecule has 1 atom stereocenters. The Morgan fingerprint density at radius 1 is 1.32 bits per heavy atom. The molecule has 5 nitrogen and oxygen atoms in total. The van der Waals surface area contributed by atoms with Crippen LogP contribution in [0.5, 0.6) is 0 Å². The van der Waals surface area contributed by atoms with Gasteiger partial charge in [0.15, 0.2) is 5.65 Å². The minimum absolute atomic E-state index is 0.0407. The van der Waals surface area contributed by atoms with Crippen LogP contribution in [0, 0.1) is 13.8 Å². The van der Waals surface area contributed by atoms with E-state index in [4.69, 9.17) is 5.73 Å². The molecule has 0 radical (unpaired) electrons. The lowest BCUT2D eigenvalue weighted by Crippen LogP contribution is -2.10. The summed E-state index contributed by atoms with van der Waals surface area (Å²) in [5.41, 5.74) is 9.78. The van der Waals surface area contributed by atoms with Crippen LogP contribution in [0.4, 0.5) is 5.95 Å². The van der Waals surface area contributed by atoms with E-state index in [1.807, 2.05) is 36.1 Å². The van der Waals surface area contributed by atoms with E-state index in [1.54, 1.807) is 11.3 Å². The van der Waals surface area contributed by atoms with Crippen molar-refractivity contribution in [1.29, 1.82) is 0 Å². The lowest BCUT2D eigenvalue weighted by molar-refractivity contribution is 0.656. The molecule has 0 aliphatic heterocycles. The molecule has 0 bridgehead atoms. The molecule has 0 aliphatic carbocycles. The van der Waals surface area contributed by atoms with Gasteiger partial charge >= 0.3 is 0 Å². The van der Waals surface area contributed by atoms with Gasteiger partial charge in [-0.05, 0) is 32.4 Å². The predicted molar refractivity (Wildman–Crippen MR) is 77.3 cm³/mol. The maximum atomic E-state index is 6.04. The van der Waals surface area contributed by atoms with E-state index in [-0.39, 0.29) is 6.04 Å². The van der Waals surface area contributed by atoms with Crippen molar-refractivity contribution in [1.82, 2.24) is 19.5 Å². The molecule has 0 fully saturated rings. The highest BCUT2D eigenvalue weighted by molar-refractivity contribution is 7.09. The highest BCUT2D eigenvalue weighted by atomic mass is 32.1. The Hall–Kier alpha value is -1.95. The minimum Gasteiger partial charge on any atom is -0.369 e. The summed E-state index contributed by atoms with van der Waals surface area (Å²) in [6, 6.07) is 2.04. The highest BCUT2D eigenvalue weighted by Gasteiger charge is 2.18. The Labute approximate surface area is 115 Å². The monoisotopic (exact) mass is 273 g/mol. The molecule has 3 heterocycles. The summed E-state index contributed by atoms with van der Waals surface area (Å²) >= 11 is 1.63. The van der Waals surface area contributed by atoms with Crippen molar-refractivity contribution in [2.45, 2.75) is 26.8 Å². The zero-order valence-corrected chi connectivity index (χ0v) is 11.9. The SMILES string of the molecule is Cc1cnc2c(c1)nc(N)n2C(C)c1nc(C)cs1. The number of hydrogen-bond acceptors (Lipinski definition) is 5. The molecule has 19 heavy (non-hydrogen) atoms. The van der Waals surface area contributed by atoms with Crippen molar-refractivity contribution in [3.05, 3.63) is 33.9 Å². The predicted octanol–water partition coefficient (Wildman–Crippen LogP) is 2.70. The van der Waals surface area contributed by atoms with Crippen molar-refractivity contribution in [2.24, 2.45) is 0 Å². The molecule has 0 amide bonds. The van der Waals surface area contributed by atoms with Crippen LogP contribution >= 0.6 is 11.3 Å². The zero-order chi connectivity index (χ0) is 13.6. The maximum Gasteiger partial charge on any atom is 0.203 e. The van der Waals surface area contributed by atoms with Gasteiger partial charge in [0.05, 0.1) is 6.04 Å². The van der Waals surface area contributed by atoms with Crippen molar-refractivity contribution >= 4 is 28.4 Å². The first-order chi connectivity index (χ1) is 9.06. The average molecular weight is 273 g/mol. The van der Waals surface area contributed by atoms with Gasteiger partial charge in [0.25, 0.3) is 0 Å². The molecule has 6 heteroatoms. The minimum atomic E-state index is 0.0407. The second kappa shape index (κ2) is 4.31. The van der Waals surface area contributed by atoms with E-state index in [2.05, 4.69) is 21.9 Å². The van der Waals surface area contributed by atoms with Crippen LogP contribution in [0.15, 0.2) is 17.6 Å². The summed E-state index contributed by atoms with van der Waals surface area (Å²) in [5, 5.41) is 3.06. The van der Waals surface area contributed by atoms with Crippen LogP contribution in [0.25, 0.3) is 11.2 Å². The molecule has 0 aromatic carbocycles. The second-order valence-corrected chi connectivity index (χ2v) is 5.59. The first-order valence-electron chi connectivity index (χ1n) is 6.08. The van der Waals surface area contributed by atoms with E-state index in [1.165, 1.54) is 0 Å². The van der Waals surface area contributed by atoms with Gasteiger partial charge in [-0.3, -0.25) is 4.57 Å². The molecule has 0 saturated heterocycles. The molecule has 3 aromatic heterocycles. The molecule has 1 unspecified atom stereocenters. The summed E-state index contributed by atoms with van der Waals surface area (Å²) in [7, 11) is 0. The number of imidazole rings is 1. The standard InChI is InChI=1S/C13H15N5S/c1-7-4-10-11(15-5-7)18(13(14)17-10)9(3)12-16-8(2)6-19-12/h4-6,9H,1-3H3,(H2,14,17). The number of rotatable bonds is 2. The summed E-state index contributed by atoms with van der Waals surface area (Å²) in [6.07, 6.45) is 1.83. The van der Waals surface area contributed by atoms with E-state index in [0.717, 1.165) is 27.4 Å². The van der Waals surface area contributed by atoms with Gasteiger partial charge in [-0.2, -0.15) is 0 Å². The van der Waals surface area contributed by atoms with Crippen LogP contribution in [0.2, 0.25) is 0 Å².